The molecule has 1 heterocycles. The lowest BCUT2D eigenvalue weighted by molar-refractivity contribution is -0.124. The number of tetrazole rings is 1. The number of primary amides is 1. The van der Waals surface area contributed by atoms with Crippen LogP contribution >= 0.6 is 11.8 Å². The molecule has 2 rings (SSSR count). The molecule has 1 aliphatic rings. The van der Waals surface area contributed by atoms with E-state index >= 15 is 0 Å². The fourth-order valence-electron chi connectivity index (χ4n) is 2.46. The van der Waals surface area contributed by atoms with E-state index in [2.05, 4.69) is 15.5 Å². The van der Waals surface area contributed by atoms with E-state index < -0.39 is 5.54 Å². The Morgan fingerprint density at radius 3 is 3.06 bits per heavy atom. The zero-order valence-electron chi connectivity index (χ0n) is 10.4. The Balaban J connectivity index is 1.87. The van der Waals surface area contributed by atoms with Crippen molar-refractivity contribution in [3.8, 4) is 0 Å². The highest BCUT2D eigenvalue weighted by atomic mass is 32.2. The van der Waals surface area contributed by atoms with E-state index in [0.717, 1.165) is 30.2 Å². The van der Waals surface area contributed by atoms with E-state index in [1.807, 2.05) is 0 Å². The molecular formula is C10H18N6OS. The average molecular weight is 270 g/mol. The highest BCUT2D eigenvalue weighted by Crippen LogP contribution is 2.36. The highest BCUT2D eigenvalue weighted by Gasteiger charge is 2.43. The first-order valence-corrected chi connectivity index (χ1v) is 6.96. The van der Waals surface area contributed by atoms with E-state index in [4.69, 9.17) is 11.5 Å². The quantitative estimate of drug-likeness (QED) is 0.709. The third kappa shape index (κ3) is 2.49. The van der Waals surface area contributed by atoms with Gasteiger partial charge in [0.1, 0.15) is 0 Å². The van der Waals surface area contributed by atoms with Crippen molar-refractivity contribution in [2.75, 3.05) is 5.75 Å². The number of carbonyl (C=O) groups excluding carboxylic acids is 1. The number of carbonyl (C=O) groups is 1. The van der Waals surface area contributed by atoms with Crippen LogP contribution in [0.5, 0.6) is 0 Å². The largest absolute Gasteiger partial charge is 0.368 e. The Bertz CT molecular complexity index is 436. The molecule has 1 saturated carbocycles. The second kappa shape index (κ2) is 5.23. The molecule has 1 aromatic heterocycles. The number of aromatic nitrogens is 4. The summed E-state index contributed by atoms with van der Waals surface area (Å²) in [6.45, 7) is 0. The average Bonchev–Trinajstić information content (AvgIpc) is 2.88. The molecule has 0 bridgehead atoms. The maximum Gasteiger partial charge on any atom is 0.237 e. The van der Waals surface area contributed by atoms with Crippen LogP contribution in [0.4, 0.5) is 0 Å². The van der Waals surface area contributed by atoms with Gasteiger partial charge in [-0.25, -0.2) is 4.68 Å². The van der Waals surface area contributed by atoms with Gasteiger partial charge in [0.05, 0.1) is 5.54 Å². The molecule has 0 spiro atoms. The number of hydrogen-bond donors (Lipinski definition) is 2. The summed E-state index contributed by atoms with van der Waals surface area (Å²) in [5.41, 5.74) is 10.7. The first-order valence-electron chi connectivity index (χ1n) is 5.98. The van der Waals surface area contributed by atoms with Crippen LogP contribution in [0.25, 0.3) is 0 Å². The molecule has 2 unspecified atom stereocenters. The van der Waals surface area contributed by atoms with Crippen molar-refractivity contribution in [3.05, 3.63) is 0 Å². The second-order valence-electron chi connectivity index (χ2n) is 4.72. The summed E-state index contributed by atoms with van der Waals surface area (Å²) < 4.78 is 1.63. The van der Waals surface area contributed by atoms with E-state index in [0.29, 0.717) is 6.42 Å². The monoisotopic (exact) mass is 270 g/mol. The van der Waals surface area contributed by atoms with Crippen molar-refractivity contribution in [3.63, 3.8) is 0 Å². The number of thioether (sulfide) groups is 1. The molecule has 100 valence electrons. The van der Waals surface area contributed by atoms with Gasteiger partial charge in [-0.05, 0) is 35.6 Å². The summed E-state index contributed by atoms with van der Waals surface area (Å²) in [5, 5.41) is 12.0. The first-order chi connectivity index (χ1) is 8.54. The first kappa shape index (κ1) is 13.3. The molecule has 0 aliphatic heterocycles. The van der Waals surface area contributed by atoms with Gasteiger partial charge in [0, 0.05) is 12.8 Å². The number of hydrogen-bond acceptors (Lipinski definition) is 6. The molecule has 18 heavy (non-hydrogen) atoms. The summed E-state index contributed by atoms with van der Waals surface area (Å²) >= 11 is 1.57. The van der Waals surface area contributed by atoms with Crippen molar-refractivity contribution in [1.29, 1.82) is 0 Å². The van der Waals surface area contributed by atoms with Crippen LogP contribution in [0, 0.1) is 5.92 Å². The molecule has 1 fully saturated rings. The third-order valence-corrected chi connectivity index (χ3v) is 4.65. The van der Waals surface area contributed by atoms with Crippen molar-refractivity contribution in [1.82, 2.24) is 20.2 Å². The minimum Gasteiger partial charge on any atom is -0.368 e. The normalized spacial score (nSPS) is 27.6. The number of amides is 1. The highest BCUT2D eigenvalue weighted by molar-refractivity contribution is 7.99. The Kier molecular flexibility index (Phi) is 3.86. The Hall–Kier alpha value is -1.15. The van der Waals surface area contributed by atoms with Crippen LogP contribution in [-0.2, 0) is 11.8 Å². The summed E-state index contributed by atoms with van der Waals surface area (Å²) in [5.74, 6) is 0.629. The summed E-state index contributed by atoms with van der Waals surface area (Å²) in [6.07, 6.45) is 3.50. The van der Waals surface area contributed by atoms with E-state index in [-0.39, 0.29) is 11.8 Å². The summed E-state index contributed by atoms with van der Waals surface area (Å²) in [4.78, 5) is 11.4. The van der Waals surface area contributed by atoms with Crippen molar-refractivity contribution < 1.29 is 4.79 Å². The Morgan fingerprint density at radius 2 is 2.44 bits per heavy atom. The van der Waals surface area contributed by atoms with Gasteiger partial charge in [-0.3, -0.25) is 4.79 Å². The van der Waals surface area contributed by atoms with Gasteiger partial charge in [-0.15, -0.1) is 5.10 Å². The van der Waals surface area contributed by atoms with Crippen molar-refractivity contribution in [2.45, 2.75) is 36.4 Å². The van der Waals surface area contributed by atoms with Gasteiger partial charge in [-0.2, -0.15) is 0 Å². The van der Waals surface area contributed by atoms with Crippen LogP contribution < -0.4 is 11.5 Å². The molecule has 1 aliphatic carbocycles. The fraction of sp³-hybridized carbons (Fsp3) is 0.800. The predicted octanol–water partition coefficient (Wildman–Crippen LogP) is -0.325. The summed E-state index contributed by atoms with van der Waals surface area (Å²) in [7, 11) is 1.80. The van der Waals surface area contributed by atoms with Gasteiger partial charge in [-0.1, -0.05) is 18.2 Å². The molecule has 0 saturated heterocycles. The third-order valence-electron chi connectivity index (χ3n) is 3.61. The predicted molar refractivity (Wildman–Crippen MR) is 67.6 cm³/mol. The Morgan fingerprint density at radius 1 is 1.67 bits per heavy atom. The van der Waals surface area contributed by atoms with Gasteiger partial charge in [0.15, 0.2) is 0 Å². The van der Waals surface area contributed by atoms with Crippen LogP contribution in [0.1, 0.15) is 25.7 Å². The molecule has 7 nitrogen and oxygen atoms in total. The van der Waals surface area contributed by atoms with Crippen LogP contribution in [0.3, 0.4) is 0 Å². The molecule has 1 aromatic rings. The lowest BCUT2D eigenvalue weighted by Crippen LogP contribution is -2.54. The van der Waals surface area contributed by atoms with Crippen LogP contribution in [0.2, 0.25) is 0 Å². The smallest absolute Gasteiger partial charge is 0.237 e. The van der Waals surface area contributed by atoms with Crippen LogP contribution in [0.15, 0.2) is 5.16 Å². The molecule has 4 N–H and O–H groups in total. The molecule has 0 radical (unpaired) electrons. The van der Waals surface area contributed by atoms with Crippen molar-refractivity contribution >= 4 is 17.7 Å². The SMILES string of the molecule is Cn1nnnc1SCCC1CCCC1(N)C(N)=O. The molecular weight excluding hydrogens is 252 g/mol. The standard InChI is InChI=1S/C10H18N6OS/c1-16-9(13-14-15-16)18-6-4-7-3-2-5-10(7,12)8(11)17/h7H,2-6,12H2,1H3,(H2,11,17). The second-order valence-corrected chi connectivity index (χ2v) is 5.78. The van der Waals surface area contributed by atoms with Gasteiger partial charge in [0.2, 0.25) is 11.1 Å². The zero-order chi connectivity index (χ0) is 13.2. The topological polar surface area (TPSA) is 113 Å². The van der Waals surface area contributed by atoms with E-state index in [1.54, 1.807) is 23.5 Å². The Labute approximate surface area is 110 Å². The van der Waals surface area contributed by atoms with E-state index in [9.17, 15) is 4.79 Å². The lowest BCUT2D eigenvalue weighted by atomic mass is 9.85. The number of nitrogens with zero attached hydrogens (tertiary/aromatic N) is 4. The minimum atomic E-state index is -0.821. The minimum absolute atomic E-state index is 0.170. The maximum absolute atomic E-state index is 11.4. The number of rotatable bonds is 5. The molecule has 2 atom stereocenters. The van der Waals surface area contributed by atoms with Crippen LogP contribution in [-0.4, -0.2) is 37.4 Å². The molecule has 1 amide bonds. The molecule has 8 heteroatoms. The molecule has 0 aromatic carbocycles. The summed E-state index contributed by atoms with van der Waals surface area (Å²) in [6, 6.07) is 0. The van der Waals surface area contributed by atoms with E-state index in [1.165, 1.54) is 0 Å². The number of nitrogens with two attached hydrogens (primary N) is 2. The zero-order valence-corrected chi connectivity index (χ0v) is 11.2. The van der Waals surface area contributed by atoms with Crippen molar-refractivity contribution in [2.24, 2.45) is 24.4 Å². The van der Waals surface area contributed by atoms with Gasteiger partial charge >= 0.3 is 0 Å². The van der Waals surface area contributed by atoms with Gasteiger partial charge < -0.3 is 11.5 Å². The number of aryl methyl sites for hydroxylation is 1. The maximum atomic E-state index is 11.4. The lowest BCUT2D eigenvalue weighted by Gasteiger charge is -2.27. The fourth-order valence-corrected chi connectivity index (χ4v) is 3.37. The van der Waals surface area contributed by atoms with Gasteiger partial charge in [0.25, 0.3) is 0 Å².